The van der Waals surface area contributed by atoms with E-state index in [-0.39, 0.29) is 21.5 Å². The van der Waals surface area contributed by atoms with E-state index in [1.807, 2.05) is 24.3 Å². The van der Waals surface area contributed by atoms with Crippen LogP contribution < -0.4 is 22.5 Å². The molecule has 6 nitrogen and oxygen atoms in total. The largest absolute Gasteiger partial charge is 0.386 e. The van der Waals surface area contributed by atoms with Crippen molar-refractivity contribution >= 4 is 53.9 Å². The molecule has 4 aromatic carbocycles. The molecule has 0 saturated carbocycles. The molecule has 0 amide bonds. The van der Waals surface area contributed by atoms with Gasteiger partial charge in [0.15, 0.2) is 0 Å². The Labute approximate surface area is 153 Å². The standard InChI is InChI=1S/C22H8O6/c23-19-15-5-9-1-3-11-12(13(9)7-17(15)21(25)27-19)4-2-10-6-16-18(8-14(10)11)22(26)28-20(16)24/h1-8H. The van der Waals surface area contributed by atoms with Gasteiger partial charge in [0, 0.05) is 0 Å². The molecular weight excluding hydrogens is 360 g/mol. The maximum Gasteiger partial charge on any atom is 0.346 e. The minimum atomic E-state index is -0.654. The van der Waals surface area contributed by atoms with Crippen LogP contribution in [0.2, 0.25) is 0 Å². The maximum absolute atomic E-state index is 11.9. The summed E-state index contributed by atoms with van der Waals surface area (Å²) in [7, 11) is 0. The topological polar surface area (TPSA) is 94.6 Å². The second-order valence-electron chi connectivity index (χ2n) is 6.82. The molecule has 0 radical (unpaired) electrons. The monoisotopic (exact) mass is 368 g/mol. The number of hydrogen-bond donors (Lipinski definition) is 0. The predicted octanol–water partition coefficient (Wildman–Crippen LogP) is 2.96. The lowest BCUT2D eigenvalue weighted by Gasteiger charge is -2.08. The van der Waals surface area contributed by atoms with Gasteiger partial charge in [0.25, 0.3) is 0 Å². The maximum atomic E-state index is 11.9. The van der Waals surface area contributed by atoms with Gasteiger partial charge in [0.1, 0.15) is 0 Å². The van der Waals surface area contributed by atoms with Crippen LogP contribution >= 0.6 is 0 Å². The Hall–Kier alpha value is -4.06. The summed E-state index contributed by atoms with van der Waals surface area (Å²) in [5.74, 6) is 0. The van der Waals surface area contributed by atoms with Gasteiger partial charge in [-0.25, -0.2) is 19.2 Å². The predicted molar refractivity (Wildman–Crippen MR) is 106 cm³/mol. The van der Waals surface area contributed by atoms with Crippen LogP contribution in [0.1, 0.15) is 0 Å². The molecule has 0 unspecified atom stereocenters. The van der Waals surface area contributed by atoms with Gasteiger partial charge in [0.2, 0.25) is 0 Å². The third-order valence-corrected chi connectivity index (χ3v) is 5.36. The van der Waals surface area contributed by atoms with Crippen molar-refractivity contribution in [2.75, 3.05) is 0 Å². The van der Waals surface area contributed by atoms with Gasteiger partial charge in [-0.3, -0.25) is 0 Å². The Bertz CT molecular complexity index is 1700. The fraction of sp³-hybridized carbons (Fsp3) is 0. The Morgan fingerprint density at radius 1 is 0.393 bits per heavy atom. The fourth-order valence-corrected chi connectivity index (χ4v) is 4.03. The van der Waals surface area contributed by atoms with Gasteiger partial charge in [-0.2, -0.15) is 0 Å². The van der Waals surface area contributed by atoms with E-state index in [0.717, 1.165) is 32.3 Å². The van der Waals surface area contributed by atoms with Crippen LogP contribution in [-0.2, 0) is 0 Å². The first kappa shape index (κ1) is 15.0. The summed E-state index contributed by atoms with van der Waals surface area (Å²) >= 11 is 0. The van der Waals surface area contributed by atoms with Crippen molar-refractivity contribution in [3.63, 3.8) is 0 Å². The second-order valence-corrected chi connectivity index (χ2v) is 6.82. The van der Waals surface area contributed by atoms with Crippen molar-refractivity contribution in [3.8, 4) is 0 Å². The van der Waals surface area contributed by atoms with E-state index in [9.17, 15) is 19.2 Å². The molecule has 2 aromatic heterocycles. The normalized spacial score (nSPS) is 12.1. The lowest BCUT2D eigenvalue weighted by Crippen LogP contribution is -1.94. The van der Waals surface area contributed by atoms with Crippen molar-refractivity contribution in [3.05, 3.63) is 90.2 Å². The van der Waals surface area contributed by atoms with Crippen LogP contribution in [0.15, 0.2) is 76.5 Å². The second kappa shape index (κ2) is 4.80. The Kier molecular flexibility index (Phi) is 2.58. The summed E-state index contributed by atoms with van der Waals surface area (Å²) in [6, 6.07) is 14.1. The minimum Gasteiger partial charge on any atom is -0.386 e. The summed E-state index contributed by atoms with van der Waals surface area (Å²) in [6.45, 7) is 0. The van der Waals surface area contributed by atoms with E-state index in [2.05, 4.69) is 0 Å². The number of benzene rings is 4. The molecule has 6 aromatic rings. The van der Waals surface area contributed by atoms with Crippen molar-refractivity contribution in [1.29, 1.82) is 0 Å². The SMILES string of the molecule is O=c1oc(=O)c2cc3c(ccc4c5cc6c(=O)oc(=O)c6cc5ccc34)cc12. The summed E-state index contributed by atoms with van der Waals surface area (Å²) in [6.07, 6.45) is 0. The third-order valence-electron chi connectivity index (χ3n) is 5.36. The third kappa shape index (κ3) is 1.76. The van der Waals surface area contributed by atoms with Gasteiger partial charge in [-0.05, 0) is 56.6 Å². The number of rotatable bonds is 0. The van der Waals surface area contributed by atoms with E-state index in [1.54, 1.807) is 24.3 Å². The zero-order chi connectivity index (χ0) is 19.2. The van der Waals surface area contributed by atoms with Gasteiger partial charge < -0.3 is 8.83 Å². The minimum absolute atomic E-state index is 0.244. The Morgan fingerprint density at radius 2 is 0.750 bits per heavy atom. The molecule has 0 atom stereocenters. The van der Waals surface area contributed by atoms with Crippen LogP contribution in [0.3, 0.4) is 0 Å². The van der Waals surface area contributed by atoms with Crippen LogP contribution in [0.4, 0.5) is 0 Å². The zero-order valence-corrected chi connectivity index (χ0v) is 14.1. The molecule has 0 aliphatic heterocycles. The first-order valence-electron chi connectivity index (χ1n) is 8.51. The molecule has 0 aliphatic carbocycles. The van der Waals surface area contributed by atoms with E-state index >= 15 is 0 Å². The van der Waals surface area contributed by atoms with Crippen molar-refractivity contribution in [2.24, 2.45) is 0 Å². The zero-order valence-electron chi connectivity index (χ0n) is 14.1. The van der Waals surface area contributed by atoms with E-state index in [0.29, 0.717) is 0 Å². The van der Waals surface area contributed by atoms with Crippen molar-refractivity contribution in [2.45, 2.75) is 0 Å². The summed E-state index contributed by atoms with van der Waals surface area (Å²) in [5, 5.41) is 5.92. The number of furan rings is 2. The molecular formula is C22H8O6. The first-order chi connectivity index (χ1) is 13.5. The molecule has 0 bridgehead atoms. The Balaban J connectivity index is 1.85. The van der Waals surface area contributed by atoms with Crippen molar-refractivity contribution in [1.82, 2.24) is 0 Å². The summed E-state index contributed by atoms with van der Waals surface area (Å²) < 4.78 is 9.39. The van der Waals surface area contributed by atoms with E-state index in [1.165, 1.54) is 0 Å². The quantitative estimate of drug-likeness (QED) is 0.383. The highest BCUT2D eigenvalue weighted by atomic mass is 16.4. The molecule has 0 fully saturated rings. The lowest BCUT2D eigenvalue weighted by atomic mass is 9.95. The highest BCUT2D eigenvalue weighted by Gasteiger charge is 2.14. The van der Waals surface area contributed by atoms with Gasteiger partial charge in [0.05, 0.1) is 21.5 Å². The molecule has 2 heterocycles. The van der Waals surface area contributed by atoms with E-state index in [4.69, 9.17) is 8.83 Å². The number of hydrogen-bond acceptors (Lipinski definition) is 6. The average molecular weight is 368 g/mol. The van der Waals surface area contributed by atoms with Crippen LogP contribution in [0, 0.1) is 0 Å². The van der Waals surface area contributed by atoms with E-state index < -0.39 is 22.5 Å². The molecule has 6 heteroatoms. The van der Waals surface area contributed by atoms with Gasteiger partial charge in [-0.1, -0.05) is 24.3 Å². The highest BCUT2D eigenvalue weighted by molar-refractivity contribution is 6.20. The molecule has 0 spiro atoms. The van der Waals surface area contributed by atoms with Gasteiger partial charge in [-0.15, -0.1) is 0 Å². The summed E-state index contributed by atoms with van der Waals surface area (Å²) in [4.78, 5) is 47.5. The van der Waals surface area contributed by atoms with Crippen molar-refractivity contribution < 1.29 is 8.83 Å². The molecule has 0 N–H and O–H groups in total. The lowest BCUT2D eigenvalue weighted by molar-refractivity contribution is 0.499. The van der Waals surface area contributed by atoms with Gasteiger partial charge >= 0.3 is 22.5 Å². The highest BCUT2D eigenvalue weighted by Crippen LogP contribution is 2.33. The Morgan fingerprint density at radius 3 is 1.14 bits per heavy atom. The molecule has 6 rings (SSSR count). The van der Waals surface area contributed by atoms with Crippen LogP contribution in [-0.4, -0.2) is 0 Å². The molecule has 132 valence electrons. The van der Waals surface area contributed by atoms with Crippen LogP contribution in [0.5, 0.6) is 0 Å². The smallest absolute Gasteiger partial charge is 0.346 e. The fourth-order valence-electron chi connectivity index (χ4n) is 4.03. The molecule has 0 aliphatic rings. The molecule has 28 heavy (non-hydrogen) atoms. The number of fused-ring (bicyclic) bond motifs is 7. The average Bonchev–Trinajstić information content (AvgIpc) is 3.13. The molecule has 0 saturated heterocycles. The first-order valence-corrected chi connectivity index (χ1v) is 8.51. The van der Waals surface area contributed by atoms with Crippen LogP contribution in [0.25, 0.3) is 53.9 Å². The summed E-state index contributed by atoms with van der Waals surface area (Å²) in [5.41, 5.74) is -2.59.